The SMILES string of the molecule is Cc1cc(Cn2cc(-n3cc(Cl)cn3)c(-c3ccc(OC(F)F)cc3)n2)ccc1N. The molecule has 9 heteroatoms. The molecule has 6 nitrogen and oxygen atoms in total. The maximum absolute atomic E-state index is 12.4. The van der Waals surface area contributed by atoms with E-state index < -0.39 is 6.61 Å². The Balaban J connectivity index is 1.71. The Kier molecular flexibility index (Phi) is 5.41. The van der Waals surface area contributed by atoms with Crippen molar-refractivity contribution in [2.45, 2.75) is 20.1 Å². The molecule has 154 valence electrons. The first-order valence-electron chi connectivity index (χ1n) is 9.07. The molecule has 2 aromatic carbocycles. The second-order valence-corrected chi connectivity index (χ2v) is 7.19. The van der Waals surface area contributed by atoms with Crippen molar-refractivity contribution in [3.63, 3.8) is 0 Å². The molecule has 0 spiro atoms. The van der Waals surface area contributed by atoms with Gasteiger partial charge in [0, 0.05) is 17.4 Å². The van der Waals surface area contributed by atoms with E-state index in [0.29, 0.717) is 22.9 Å². The lowest BCUT2D eigenvalue weighted by Gasteiger charge is -2.06. The third-order valence-corrected chi connectivity index (χ3v) is 4.77. The van der Waals surface area contributed by atoms with Gasteiger partial charge >= 0.3 is 6.61 Å². The van der Waals surface area contributed by atoms with Crippen molar-refractivity contribution in [1.82, 2.24) is 19.6 Å². The molecule has 0 bridgehead atoms. The zero-order valence-corrected chi connectivity index (χ0v) is 16.7. The monoisotopic (exact) mass is 429 g/mol. The van der Waals surface area contributed by atoms with Gasteiger partial charge in [0.05, 0.1) is 24.0 Å². The number of ether oxygens (including phenoxy) is 1. The van der Waals surface area contributed by atoms with Gasteiger partial charge in [-0.15, -0.1) is 0 Å². The quantitative estimate of drug-likeness (QED) is 0.441. The van der Waals surface area contributed by atoms with Gasteiger partial charge < -0.3 is 10.5 Å². The Morgan fingerprint density at radius 3 is 2.53 bits per heavy atom. The number of hydrogen-bond acceptors (Lipinski definition) is 4. The standard InChI is InChI=1S/C21H18ClF2N5O/c1-13-8-14(2-7-18(13)25)10-28-12-19(29-11-16(22)9-26-29)20(27-28)15-3-5-17(6-4-15)30-21(23)24/h2-9,11-12,21H,10,25H2,1H3. The van der Waals surface area contributed by atoms with Crippen LogP contribution in [0.15, 0.2) is 61.1 Å². The number of anilines is 1. The van der Waals surface area contributed by atoms with Gasteiger partial charge in [0.15, 0.2) is 0 Å². The summed E-state index contributed by atoms with van der Waals surface area (Å²) in [5.41, 5.74) is 10.7. The van der Waals surface area contributed by atoms with Crippen molar-refractivity contribution in [1.29, 1.82) is 0 Å². The first kappa shape index (κ1) is 19.9. The summed E-state index contributed by atoms with van der Waals surface area (Å²) >= 11 is 6.04. The predicted octanol–water partition coefficient (Wildman–Crippen LogP) is 4.93. The highest BCUT2D eigenvalue weighted by atomic mass is 35.5. The van der Waals surface area contributed by atoms with Crippen LogP contribution >= 0.6 is 11.6 Å². The van der Waals surface area contributed by atoms with Gasteiger partial charge in [-0.25, -0.2) is 4.68 Å². The third kappa shape index (κ3) is 4.28. The van der Waals surface area contributed by atoms with Gasteiger partial charge in [-0.3, -0.25) is 4.68 Å². The summed E-state index contributed by atoms with van der Waals surface area (Å²) in [6.45, 7) is -0.399. The van der Waals surface area contributed by atoms with Gasteiger partial charge in [-0.05, 0) is 48.4 Å². The van der Waals surface area contributed by atoms with Gasteiger partial charge in [-0.1, -0.05) is 23.7 Å². The van der Waals surface area contributed by atoms with Crippen LogP contribution in [0.2, 0.25) is 5.02 Å². The highest BCUT2D eigenvalue weighted by Gasteiger charge is 2.15. The molecule has 0 saturated heterocycles. The first-order valence-corrected chi connectivity index (χ1v) is 9.45. The normalized spacial score (nSPS) is 11.2. The summed E-state index contributed by atoms with van der Waals surface area (Å²) in [5, 5.41) is 9.45. The van der Waals surface area contributed by atoms with Crippen LogP contribution in [0.4, 0.5) is 14.5 Å². The fraction of sp³-hybridized carbons (Fsp3) is 0.143. The number of nitrogens with two attached hydrogens (primary N) is 1. The molecule has 0 aliphatic heterocycles. The van der Waals surface area contributed by atoms with Crippen molar-refractivity contribution in [3.8, 4) is 22.7 Å². The topological polar surface area (TPSA) is 70.9 Å². The van der Waals surface area contributed by atoms with E-state index in [4.69, 9.17) is 22.4 Å². The fourth-order valence-electron chi connectivity index (χ4n) is 3.12. The molecule has 4 aromatic rings. The van der Waals surface area contributed by atoms with Crippen molar-refractivity contribution >= 4 is 17.3 Å². The molecule has 2 heterocycles. The molecule has 0 saturated carbocycles. The minimum absolute atomic E-state index is 0.0780. The Labute approximate surface area is 176 Å². The molecule has 0 aliphatic carbocycles. The minimum Gasteiger partial charge on any atom is -0.435 e. The number of benzene rings is 2. The molecule has 4 rings (SSSR count). The summed E-state index contributed by atoms with van der Waals surface area (Å²) in [7, 11) is 0. The summed E-state index contributed by atoms with van der Waals surface area (Å²) in [6.07, 6.45) is 5.06. The van der Waals surface area contributed by atoms with Crippen molar-refractivity contribution in [2.24, 2.45) is 0 Å². The number of aryl methyl sites for hydroxylation is 1. The lowest BCUT2D eigenvalue weighted by molar-refractivity contribution is -0.0498. The van der Waals surface area contributed by atoms with E-state index in [1.165, 1.54) is 18.3 Å². The van der Waals surface area contributed by atoms with Crippen LogP contribution in [0.5, 0.6) is 5.75 Å². The van der Waals surface area contributed by atoms with E-state index in [9.17, 15) is 8.78 Å². The molecular formula is C21H18ClF2N5O. The molecule has 0 aliphatic rings. The zero-order chi connectivity index (χ0) is 21.3. The second-order valence-electron chi connectivity index (χ2n) is 6.76. The maximum Gasteiger partial charge on any atom is 0.387 e. The summed E-state index contributed by atoms with van der Waals surface area (Å²) in [4.78, 5) is 0. The predicted molar refractivity (Wildman–Crippen MR) is 111 cm³/mol. The van der Waals surface area contributed by atoms with Gasteiger partial charge in [0.1, 0.15) is 17.1 Å². The van der Waals surface area contributed by atoms with Crippen LogP contribution in [-0.2, 0) is 6.54 Å². The Morgan fingerprint density at radius 1 is 1.13 bits per heavy atom. The molecule has 0 amide bonds. The van der Waals surface area contributed by atoms with Crippen molar-refractivity contribution in [2.75, 3.05) is 5.73 Å². The molecule has 0 atom stereocenters. The summed E-state index contributed by atoms with van der Waals surface area (Å²) < 4.78 is 32.7. The molecule has 2 N–H and O–H groups in total. The van der Waals surface area contributed by atoms with Crippen LogP contribution in [0, 0.1) is 6.92 Å². The summed E-state index contributed by atoms with van der Waals surface area (Å²) in [5.74, 6) is 0.0780. The molecule has 0 radical (unpaired) electrons. The Bertz CT molecular complexity index is 1170. The summed E-state index contributed by atoms with van der Waals surface area (Å²) in [6, 6.07) is 12.1. The van der Waals surface area contributed by atoms with E-state index in [1.807, 2.05) is 31.3 Å². The number of nitrogens with zero attached hydrogens (tertiary/aromatic N) is 4. The minimum atomic E-state index is -2.87. The fourth-order valence-corrected chi connectivity index (χ4v) is 3.25. The average Bonchev–Trinajstić information content (AvgIpc) is 3.31. The third-order valence-electron chi connectivity index (χ3n) is 4.57. The molecule has 30 heavy (non-hydrogen) atoms. The van der Waals surface area contributed by atoms with Crippen LogP contribution in [0.1, 0.15) is 11.1 Å². The Hall–Kier alpha value is -3.39. The number of aromatic nitrogens is 4. The van der Waals surface area contributed by atoms with Crippen LogP contribution < -0.4 is 10.5 Å². The number of halogens is 3. The van der Waals surface area contributed by atoms with E-state index >= 15 is 0 Å². The van der Waals surface area contributed by atoms with E-state index in [2.05, 4.69) is 9.84 Å². The van der Waals surface area contributed by atoms with Gasteiger partial charge in [0.2, 0.25) is 0 Å². The highest BCUT2D eigenvalue weighted by molar-refractivity contribution is 6.30. The van der Waals surface area contributed by atoms with Gasteiger partial charge in [-0.2, -0.15) is 19.0 Å². The lowest BCUT2D eigenvalue weighted by Crippen LogP contribution is -2.02. The second kappa shape index (κ2) is 8.16. The largest absolute Gasteiger partial charge is 0.435 e. The van der Waals surface area contributed by atoms with E-state index in [-0.39, 0.29) is 5.75 Å². The zero-order valence-electron chi connectivity index (χ0n) is 16.0. The van der Waals surface area contributed by atoms with Crippen LogP contribution in [-0.4, -0.2) is 26.2 Å². The van der Waals surface area contributed by atoms with Crippen LogP contribution in [0.25, 0.3) is 16.9 Å². The van der Waals surface area contributed by atoms with Gasteiger partial charge in [0.25, 0.3) is 0 Å². The number of nitrogen functional groups attached to an aromatic ring is 1. The van der Waals surface area contributed by atoms with Crippen LogP contribution in [0.3, 0.4) is 0 Å². The highest BCUT2D eigenvalue weighted by Crippen LogP contribution is 2.28. The Morgan fingerprint density at radius 2 is 1.90 bits per heavy atom. The smallest absolute Gasteiger partial charge is 0.387 e. The van der Waals surface area contributed by atoms with Crippen molar-refractivity contribution in [3.05, 3.63) is 77.2 Å². The molecular weight excluding hydrogens is 412 g/mol. The average molecular weight is 430 g/mol. The van der Waals surface area contributed by atoms with E-state index in [1.54, 1.807) is 27.7 Å². The van der Waals surface area contributed by atoms with E-state index in [0.717, 1.165) is 22.4 Å². The lowest BCUT2D eigenvalue weighted by atomic mass is 10.1. The number of alkyl halides is 2. The number of rotatable bonds is 6. The number of hydrogen-bond donors (Lipinski definition) is 1. The molecule has 0 unspecified atom stereocenters. The molecule has 2 aromatic heterocycles. The van der Waals surface area contributed by atoms with Crippen molar-refractivity contribution < 1.29 is 13.5 Å². The molecule has 0 fully saturated rings. The maximum atomic E-state index is 12.4. The first-order chi connectivity index (χ1) is 14.4.